The molecular formula is C23H23ClN2O4. The molecule has 30 heavy (non-hydrogen) atoms. The van der Waals surface area contributed by atoms with Crippen molar-refractivity contribution in [3.05, 3.63) is 75.1 Å². The number of nitrogens with one attached hydrogen (secondary N) is 1. The van der Waals surface area contributed by atoms with Crippen LogP contribution < -0.4 is 10.7 Å². The first kappa shape index (κ1) is 21.6. The number of fused-ring (bicyclic) bond motifs is 1. The van der Waals surface area contributed by atoms with Gasteiger partial charge in [0.1, 0.15) is 11.6 Å². The Hall–Kier alpha value is -3.12. The van der Waals surface area contributed by atoms with E-state index in [1.54, 1.807) is 43.3 Å². The fourth-order valence-electron chi connectivity index (χ4n) is 3.18. The zero-order valence-electron chi connectivity index (χ0n) is 17.1. The largest absolute Gasteiger partial charge is 0.451 e. The van der Waals surface area contributed by atoms with Crippen LogP contribution in [0.2, 0.25) is 5.02 Å². The molecule has 1 atom stereocenters. The van der Waals surface area contributed by atoms with E-state index in [0.29, 0.717) is 34.6 Å². The van der Waals surface area contributed by atoms with E-state index in [0.717, 1.165) is 5.56 Å². The van der Waals surface area contributed by atoms with Crippen LogP contribution in [0.3, 0.4) is 0 Å². The first-order chi connectivity index (χ1) is 14.3. The van der Waals surface area contributed by atoms with Gasteiger partial charge in [0.2, 0.25) is 5.91 Å². The van der Waals surface area contributed by atoms with Crippen LogP contribution in [0.15, 0.2) is 57.7 Å². The van der Waals surface area contributed by atoms with Gasteiger partial charge < -0.3 is 14.6 Å². The van der Waals surface area contributed by atoms with Crippen molar-refractivity contribution < 1.29 is 14.0 Å². The van der Waals surface area contributed by atoms with Gasteiger partial charge in [0.25, 0.3) is 5.91 Å². The lowest BCUT2D eigenvalue weighted by Gasteiger charge is -2.27. The second-order valence-electron chi connectivity index (χ2n) is 7.15. The molecule has 0 saturated carbocycles. The Morgan fingerprint density at radius 2 is 1.93 bits per heavy atom. The minimum atomic E-state index is -0.782. The number of halogens is 1. The Labute approximate surface area is 179 Å². The topological polar surface area (TPSA) is 79.6 Å². The predicted octanol–water partition coefficient (Wildman–Crippen LogP) is 4.63. The fraction of sp³-hybridized carbons (Fsp3) is 0.261. The van der Waals surface area contributed by atoms with Gasteiger partial charge in [0, 0.05) is 23.3 Å². The van der Waals surface area contributed by atoms with Crippen molar-refractivity contribution in [3.8, 4) is 0 Å². The van der Waals surface area contributed by atoms with Crippen molar-refractivity contribution in [1.29, 1.82) is 0 Å². The number of rotatable bonds is 6. The zero-order valence-corrected chi connectivity index (χ0v) is 17.8. The summed E-state index contributed by atoms with van der Waals surface area (Å²) in [6.07, 6.45) is 0.636. The van der Waals surface area contributed by atoms with Gasteiger partial charge in [-0.05, 0) is 50.6 Å². The van der Waals surface area contributed by atoms with E-state index >= 15 is 0 Å². The number of carbonyl (C=O) groups is 2. The Bertz CT molecular complexity index is 1160. The maximum Gasteiger partial charge on any atom is 0.290 e. The molecule has 1 heterocycles. The molecular weight excluding hydrogens is 404 g/mol. The summed E-state index contributed by atoms with van der Waals surface area (Å²) in [7, 11) is 0. The maximum atomic E-state index is 13.1. The highest BCUT2D eigenvalue weighted by Gasteiger charge is 2.28. The molecule has 0 aliphatic carbocycles. The van der Waals surface area contributed by atoms with Gasteiger partial charge in [-0.25, -0.2) is 0 Å². The lowest BCUT2D eigenvalue weighted by atomic mass is 10.1. The third-order valence-corrected chi connectivity index (χ3v) is 4.99. The molecule has 0 spiro atoms. The third-order valence-electron chi connectivity index (χ3n) is 4.76. The van der Waals surface area contributed by atoms with Gasteiger partial charge in [0.15, 0.2) is 11.2 Å². The summed E-state index contributed by atoms with van der Waals surface area (Å²) in [5.41, 5.74) is 1.50. The second kappa shape index (κ2) is 9.13. The molecule has 2 aromatic carbocycles. The molecule has 0 aliphatic rings. The predicted molar refractivity (Wildman–Crippen MR) is 118 cm³/mol. The molecule has 3 aromatic rings. The van der Waals surface area contributed by atoms with Crippen LogP contribution in [0.5, 0.6) is 0 Å². The minimum absolute atomic E-state index is 0.0905. The van der Waals surface area contributed by atoms with Gasteiger partial charge in [-0.2, -0.15) is 0 Å². The molecule has 0 saturated heterocycles. The van der Waals surface area contributed by atoms with Crippen molar-refractivity contribution in [3.63, 3.8) is 0 Å². The SMILES string of the molecule is CCCN(C(=O)c1cc(=O)c2cc(C)ccc2o1)[C@@H](C)C(=O)Nc1cccc(Cl)c1. The molecule has 0 radical (unpaired) electrons. The summed E-state index contributed by atoms with van der Waals surface area (Å²) >= 11 is 5.97. The lowest BCUT2D eigenvalue weighted by Crippen LogP contribution is -2.46. The smallest absolute Gasteiger partial charge is 0.290 e. The molecule has 6 nitrogen and oxygen atoms in total. The van der Waals surface area contributed by atoms with Gasteiger partial charge >= 0.3 is 0 Å². The quantitative estimate of drug-likeness (QED) is 0.623. The van der Waals surface area contributed by atoms with Gasteiger partial charge in [-0.15, -0.1) is 0 Å². The summed E-state index contributed by atoms with van der Waals surface area (Å²) in [4.78, 5) is 39.8. The summed E-state index contributed by atoms with van der Waals surface area (Å²) in [5, 5.41) is 3.68. The molecule has 1 aromatic heterocycles. The number of nitrogens with zero attached hydrogens (tertiary/aromatic N) is 1. The van der Waals surface area contributed by atoms with Crippen molar-refractivity contribution in [2.45, 2.75) is 33.2 Å². The summed E-state index contributed by atoms with van der Waals surface area (Å²) < 4.78 is 5.71. The van der Waals surface area contributed by atoms with Crippen LogP contribution in [0.1, 0.15) is 36.4 Å². The number of anilines is 1. The summed E-state index contributed by atoms with van der Waals surface area (Å²) in [6, 6.07) is 12.4. The monoisotopic (exact) mass is 426 g/mol. The molecule has 7 heteroatoms. The van der Waals surface area contributed by atoms with Crippen LogP contribution in [0.25, 0.3) is 11.0 Å². The molecule has 0 fully saturated rings. The Morgan fingerprint density at radius 3 is 2.63 bits per heavy atom. The van der Waals surface area contributed by atoms with Crippen molar-refractivity contribution in [2.75, 3.05) is 11.9 Å². The van der Waals surface area contributed by atoms with Crippen LogP contribution in [-0.4, -0.2) is 29.3 Å². The summed E-state index contributed by atoms with van der Waals surface area (Å²) in [5.74, 6) is -0.963. The fourth-order valence-corrected chi connectivity index (χ4v) is 3.37. The second-order valence-corrected chi connectivity index (χ2v) is 7.59. The molecule has 1 N–H and O–H groups in total. The minimum Gasteiger partial charge on any atom is -0.451 e. The molecule has 156 valence electrons. The number of benzene rings is 2. The van der Waals surface area contributed by atoms with Gasteiger partial charge in [-0.1, -0.05) is 36.2 Å². The van der Waals surface area contributed by atoms with Crippen LogP contribution in [0.4, 0.5) is 5.69 Å². The van der Waals surface area contributed by atoms with E-state index in [1.807, 2.05) is 19.9 Å². The maximum absolute atomic E-state index is 13.1. The summed E-state index contributed by atoms with van der Waals surface area (Å²) in [6.45, 7) is 5.75. The standard InChI is InChI=1S/C23H23ClN2O4/c1-4-10-26(15(3)22(28)25-17-7-5-6-16(24)12-17)23(29)21-13-19(27)18-11-14(2)8-9-20(18)30-21/h5-9,11-13,15H,4,10H2,1-3H3,(H,25,28)/t15-/m0/s1. The molecule has 0 unspecified atom stereocenters. The molecule has 0 bridgehead atoms. The molecule has 0 aliphatic heterocycles. The highest BCUT2D eigenvalue weighted by molar-refractivity contribution is 6.30. The normalized spacial score (nSPS) is 11.9. The van der Waals surface area contributed by atoms with Crippen LogP contribution in [-0.2, 0) is 4.79 Å². The van der Waals surface area contributed by atoms with Crippen LogP contribution in [0, 0.1) is 6.92 Å². The Kier molecular flexibility index (Phi) is 6.57. The Morgan fingerprint density at radius 1 is 1.17 bits per heavy atom. The number of hydrogen-bond acceptors (Lipinski definition) is 4. The van der Waals surface area contributed by atoms with E-state index < -0.39 is 11.9 Å². The molecule has 3 rings (SSSR count). The van der Waals surface area contributed by atoms with Gasteiger partial charge in [-0.3, -0.25) is 14.4 Å². The average molecular weight is 427 g/mol. The first-order valence-electron chi connectivity index (χ1n) is 9.72. The first-order valence-corrected chi connectivity index (χ1v) is 10.1. The lowest BCUT2D eigenvalue weighted by molar-refractivity contribution is -0.120. The van der Waals surface area contributed by atoms with Crippen molar-refractivity contribution in [2.24, 2.45) is 0 Å². The van der Waals surface area contributed by atoms with Gasteiger partial charge in [0.05, 0.1) is 5.39 Å². The van der Waals surface area contributed by atoms with Crippen LogP contribution >= 0.6 is 11.6 Å². The average Bonchev–Trinajstić information content (AvgIpc) is 2.71. The number of carbonyl (C=O) groups excluding carboxylic acids is 2. The number of aryl methyl sites for hydroxylation is 1. The number of amides is 2. The highest BCUT2D eigenvalue weighted by atomic mass is 35.5. The van der Waals surface area contributed by atoms with E-state index in [9.17, 15) is 14.4 Å². The third kappa shape index (κ3) is 4.71. The highest BCUT2D eigenvalue weighted by Crippen LogP contribution is 2.18. The number of hydrogen-bond donors (Lipinski definition) is 1. The zero-order chi connectivity index (χ0) is 21.8. The van der Waals surface area contributed by atoms with E-state index in [-0.39, 0.29) is 17.1 Å². The van der Waals surface area contributed by atoms with Crippen molar-refractivity contribution >= 4 is 40.1 Å². The van der Waals surface area contributed by atoms with E-state index in [1.165, 1.54) is 11.0 Å². The Balaban J connectivity index is 1.88. The van der Waals surface area contributed by atoms with E-state index in [2.05, 4.69) is 5.32 Å². The molecule has 2 amide bonds. The van der Waals surface area contributed by atoms with Crippen molar-refractivity contribution in [1.82, 2.24) is 4.90 Å². The van der Waals surface area contributed by atoms with E-state index in [4.69, 9.17) is 16.0 Å².